The summed E-state index contributed by atoms with van der Waals surface area (Å²) in [5, 5.41) is 3.07. The molecular formula is C26H21F3N2O2. The van der Waals surface area contributed by atoms with Gasteiger partial charge in [0.25, 0.3) is 11.8 Å². The van der Waals surface area contributed by atoms with Crippen molar-refractivity contribution in [2.24, 2.45) is 0 Å². The van der Waals surface area contributed by atoms with Gasteiger partial charge in [-0.05, 0) is 56.2 Å². The minimum atomic E-state index is -4.60. The molecule has 0 aliphatic carbocycles. The van der Waals surface area contributed by atoms with Crippen LogP contribution in [0.4, 0.5) is 24.5 Å². The van der Waals surface area contributed by atoms with Gasteiger partial charge in [-0.1, -0.05) is 53.6 Å². The van der Waals surface area contributed by atoms with Gasteiger partial charge in [0.05, 0.1) is 16.8 Å². The molecule has 3 aromatic rings. The molecule has 1 heterocycles. The molecule has 4 nitrogen and oxygen atoms in total. The second-order valence-corrected chi connectivity index (χ2v) is 8.05. The first kappa shape index (κ1) is 22.3. The van der Waals surface area contributed by atoms with Crippen molar-refractivity contribution in [3.8, 4) is 0 Å². The smallest absolute Gasteiger partial charge is 0.350 e. The van der Waals surface area contributed by atoms with Crippen molar-refractivity contribution < 1.29 is 22.8 Å². The number of benzene rings is 3. The topological polar surface area (TPSA) is 49.4 Å². The van der Waals surface area contributed by atoms with Gasteiger partial charge >= 0.3 is 6.18 Å². The minimum Gasteiger partial charge on any atom is -0.350 e. The van der Waals surface area contributed by atoms with E-state index < -0.39 is 23.6 Å². The van der Waals surface area contributed by atoms with Gasteiger partial charge in [0.1, 0.15) is 5.70 Å². The van der Waals surface area contributed by atoms with Crippen LogP contribution < -0.4 is 10.2 Å². The van der Waals surface area contributed by atoms with E-state index in [1.165, 1.54) is 12.1 Å². The van der Waals surface area contributed by atoms with Crippen LogP contribution in [0.15, 0.2) is 72.4 Å². The number of hydrogen-bond acceptors (Lipinski definition) is 3. The van der Waals surface area contributed by atoms with Crippen molar-refractivity contribution in [2.45, 2.75) is 26.9 Å². The number of alkyl halides is 3. The number of anilines is 2. The van der Waals surface area contributed by atoms with Crippen molar-refractivity contribution in [1.29, 1.82) is 0 Å². The molecule has 0 radical (unpaired) electrons. The molecular weight excluding hydrogens is 429 g/mol. The average molecular weight is 450 g/mol. The van der Waals surface area contributed by atoms with Crippen molar-refractivity contribution in [3.63, 3.8) is 0 Å². The molecule has 4 rings (SSSR count). The summed E-state index contributed by atoms with van der Waals surface area (Å²) in [6.07, 6.45) is -4.60. The third-order valence-electron chi connectivity index (χ3n) is 5.50. The van der Waals surface area contributed by atoms with Gasteiger partial charge in [0, 0.05) is 5.69 Å². The monoisotopic (exact) mass is 450 g/mol. The largest absolute Gasteiger partial charge is 0.416 e. The first-order valence-electron chi connectivity index (χ1n) is 10.3. The summed E-state index contributed by atoms with van der Waals surface area (Å²) in [5.41, 5.74) is 3.05. The van der Waals surface area contributed by atoms with Crippen LogP contribution in [-0.2, 0) is 15.8 Å². The third kappa shape index (κ3) is 4.26. The Hall–Kier alpha value is -3.87. The maximum Gasteiger partial charge on any atom is 0.416 e. The second kappa shape index (κ2) is 8.24. The van der Waals surface area contributed by atoms with Gasteiger partial charge in [0.2, 0.25) is 0 Å². The zero-order chi connectivity index (χ0) is 23.9. The number of halogens is 3. The predicted molar refractivity (Wildman–Crippen MR) is 122 cm³/mol. The number of hydrogen-bond donors (Lipinski definition) is 1. The van der Waals surface area contributed by atoms with Crippen LogP contribution in [0.25, 0.3) is 5.57 Å². The maximum atomic E-state index is 13.4. The molecule has 7 heteroatoms. The van der Waals surface area contributed by atoms with E-state index >= 15 is 0 Å². The molecule has 3 aromatic carbocycles. The standard InChI is InChI=1S/C26H21F3N2O2/c1-15-7-10-18(11-8-15)22-23(30-21-12-9-16(2)13-17(21)3)25(33)31(24(22)32)20-6-4-5-19(14-20)26(27,28)29/h4-14,30H,1-3H3. The molecule has 168 valence electrons. The molecule has 1 aliphatic heterocycles. The van der Waals surface area contributed by atoms with E-state index in [1.54, 1.807) is 18.2 Å². The Balaban J connectivity index is 1.83. The zero-order valence-corrected chi connectivity index (χ0v) is 18.2. The van der Waals surface area contributed by atoms with Gasteiger partial charge in [0.15, 0.2) is 0 Å². The molecule has 1 aliphatic rings. The number of aryl methyl sites for hydroxylation is 3. The number of nitrogens with zero attached hydrogens (tertiary/aromatic N) is 1. The molecule has 0 unspecified atom stereocenters. The van der Waals surface area contributed by atoms with Crippen molar-refractivity contribution >= 4 is 28.8 Å². The Labute approximate surface area is 189 Å². The van der Waals surface area contributed by atoms with E-state index in [9.17, 15) is 22.8 Å². The van der Waals surface area contributed by atoms with E-state index in [2.05, 4.69) is 5.32 Å². The van der Waals surface area contributed by atoms with Crippen molar-refractivity contribution in [2.75, 3.05) is 10.2 Å². The van der Waals surface area contributed by atoms with E-state index in [-0.39, 0.29) is 17.0 Å². The Morgan fingerprint density at radius 1 is 0.788 bits per heavy atom. The number of nitrogens with one attached hydrogen (secondary N) is 1. The predicted octanol–water partition coefficient (Wildman–Crippen LogP) is 6.03. The minimum absolute atomic E-state index is 0.0215. The summed E-state index contributed by atoms with van der Waals surface area (Å²) in [6, 6.07) is 16.9. The molecule has 0 aromatic heterocycles. The van der Waals surface area contributed by atoms with E-state index in [0.29, 0.717) is 11.3 Å². The summed E-state index contributed by atoms with van der Waals surface area (Å²) in [7, 11) is 0. The first-order chi connectivity index (χ1) is 15.6. The van der Waals surface area contributed by atoms with Crippen LogP contribution in [0, 0.1) is 20.8 Å². The lowest BCUT2D eigenvalue weighted by Gasteiger charge is -2.17. The molecule has 0 spiro atoms. The van der Waals surface area contributed by atoms with Crippen molar-refractivity contribution in [3.05, 3.63) is 100 Å². The first-order valence-corrected chi connectivity index (χ1v) is 10.3. The SMILES string of the molecule is Cc1ccc(C2=C(Nc3ccc(C)cc3C)C(=O)N(c3cccc(C(F)(F)F)c3)C2=O)cc1. The highest BCUT2D eigenvalue weighted by Crippen LogP contribution is 2.37. The fourth-order valence-corrected chi connectivity index (χ4v) is 3.78. The lowest BCUT2D eigenvalue weighted by Crippen LogP contribution is -2.32. The highest BCUT2D eigenvalue weighted by Gasteiger charge is 2.41. The molecule has 0 bridgehead atoms. The second-order valence-electron chi connectivity index (χ2n) is 8.05. The van der Waals surface area contributed by atoms with Crippen LogP contribution in [-0.4, -0.2) is 11.8 Å². The summed E-state index contributed by atoms with van der Waals surface area (Å²) >= 11 is 0. The summed E-state index contributed by atoms with van der Waals surface area (Å²) in [4.78, 5) is 27.6. The number of amides is 2. The van der Waals surface area contributed by atoms with Crippen molar-refractivity contribution in [1.82, 2.24) is 0 Å². The molecule has 33 heavy (non-hydrogen) atoms. The highest BCUT2D eigenvalue weighted by atomic mass is 19.4. The van der Waals surface area contributed by atoms with Gasteiger partial charge in [-0.3, -0.25) is 9.59 Å². The average Bonchev–Trinajstić information content (AvgIpc) is 2.99. The van der Waals surface area contributed by atoms with E-state index in [1.807, 2.05) is 45.0 Å². The number of carbonyl (C=O) groups is 2. The normalized spacial score (nSPS) is 14.3. The lowest BCUT2D eigenvalue weighted by molar-refractivity contribution is -0.137. The van der Waals surface area contributed by atoms with Crippen LogP contribution in [0.2, 0.25) is 0 Å². The van der Waals surface area contributed by atoms with Crippen LogP contribution in [0.5, 0.6) is 0 Å². The van der Waals surface area contributed by atoms with Gasteiger partial charge in [-0.25, -0.2) is 4.90 Å². The van der Waals surface area contributed by atoms with E-state index in [4.69, 9.17) is 0 Å². The van der Waals surface area contributed by atoms with Gasteiger partial charge in [-0.15, -0.1) is 0 Å². The molecule has 0 atom stereocenters. The Kier molecular flexibility index (Phi) is 5.57. The molecule has 0 saturated heterocycles. The van der Waals surface area contributed by atoms with Crippen LogP contribution in [0.3, 0.4) is 0 Å². The maximum absolute atomic E-state index is 13.4. The Bertz CT molecular complexity index is 1290. The summed E-state index contributed by atoms with van der Waals surface area (Å²) < 4.78 is 39.8. The third-order valence-corrected chi connectivity index (χ3v) is 5.50. The molecule has 0 fully saturated rings. The fraction of sp³-hybridized carbons (Fsp3) is 0.154. The quantitative estimate of drug-likeness (QED) is 0.494. The van der Waals surface area contributed by atoms with Gasteiger partial charge in [-0.2, -0.15) is 13.2 Å². The number of rotatable bonds is 4. The molecule has 2 amide bonds. The fourth-order valence-electron chi connectivity index (χ4n) is 3.78. The van der Waals surface area contributed by atoms with E-state index in [0.717, 1.165) is 33.7 Å². The molecule has 0 saturated carbocycles. The van der Waals surface area contributed by atoms with Crippen LogP contribution >= 0.6 is 0 Å². The Morgan fingerprint density at radius 2 is 1.45 bits per heavy atom. The molecule has 1 N–H and O–H groups in total. The zero-order valence-electron chi connectivity index (χ0n) is 18.2. The summed E-state index contributed by atoms with van der Waals surface area (Å²) in [6.45, 7) is 5.70. The summed E-state index contributed by atoms with van der Waals surface area (Å²) in [5.74, 6) is -1.40. The lowest BCUT2D eigenvalue weighted by atomic mass is 10.0. The van der Waals surface area contributed by atoms with Gasteiger partial charge < -0.3 is 5.32 Å². The van der Waals surface area contributed by atoms with Crippen LogP contribution in [0.1, 0.15) is 27.8 Å². The Morgan fingerprint density at radius 3 is 2.09 bits per heavy atom. The number of imide groups is 1. The number of carbonyl (C=O) groups excluding carboxylic acids is 2. The highest BCUT2D eigenvalue weighted by molar-refractivity contribution is 6.46.